The number of hydrogen-bond acceptors (Lipinski definition) is 4. The fourth-order valence-electron chi connectivity index (χ4n) is 1.32. The molecule has 0 aliphatic rings. The predicted molar refractivity (Wildman–Crippen MR) is 58.6 cm³/mol. The van der Waals surface area contributed by atoms with Crippen molar-refractivity contribution in [1.29, 1.82) is 5.26 Å². The number of benzene rings is 1. The average Bonchev–Trinajstić information content (AvgIpc) is 2.35. The summed E-state index contributed by atoms with van der Waals surface area (Å²) >= 11 is 5.74. The normalized spacial score (nSPS) is 9.38. The van der Waals surface area contributed by atoms with E-state index in [1.165, 1.54) is 26.4 Å². The highest BCUT2D eigenvalue weighted by molar-refractivity contribution is 6.18. The van der Waals surface area contributed by atoms with E-state index < -0.39 is 5.97 Å². The molecule has 0 aliphatic carbocycles. The highest BCUT2D eigenvalue weighted by Gasteiger charge is 2.17. The Kier molecular flexibility index (Phi) is 4.15. The summed E-state index contributed by atoms with van der Waals surface area (Å²) in [6.45, 7) is 0. The largest absolute Gasteiger partial charge is 0.496 e. The van der Waals surface area contributed by atoms with Gasteiger partial charge in [-0.2, -0.15) is 5.26 Å². The van der Waals surface area contributed by atoms with Gasteiger partial charge in [-0.25, -0.2) is 4.79 Å². The molecule has 0 fully saturated rings. The van der Waals surface area contributed by atoms with Crippen LogP contribution in [0, 0.1) is 11.3 Å². The summed E-state index contributed by atoms with van der Waals surface area (Å²) in [4.78, 5) is 11.5. The van der Waals surface area contributed by atoms with Crippen LogP contribution < -0.4 is 4.74 Å². The molecule has 4 nitrogen and oxygen atoms in total. The van der Waals surface area contributed by atoms with Gasteiger partial charge >= 0.3 is 5.97 Å². The van der Waals surface area contributed by atoms with Crippen molar-refractivity contribution in [2.45, 2.75) is 5.88 Å². The number of rotatable bonds is 3. The molecular weight excluding hydrogens is 230 g/mol. The average molecular weight is 240 g/mol. The molecule has 0 aromatic heterocycles. The minimum atomic E-state index is -0.536. The molecule has 0 saturated heterocycles. The lowest BCUT2D eigenvalue weighted by Crippen LogP contribution is -2.07. The lowest BCUT2D eigenvalue weighted by Gasteiger charge is -2.10. The fraction of sp³-hybridized carbons (Fsp3) is 0.273. The first-order chi connectivity index (χ1) is 7.67. The van der Waals surface area contributed by atoms with Crippen molar-refractivity contribution in [2.75, 3.05) is 14.2 Å². The Hall–Kier alpha value is -1.73. The van der Waals surface area contributed by atoms with Crippen LogP contribution in [0.1, 0.15) is 21.5 Å². The van der Waals surface area contributed by atoms with E-state index in [4.69, 9.17) is 21.6 Å². The topological polar surface area (TPSA) is 59.3 Å². The van der Waals surface area contributed by atoms with Gasteiger partial charge in [0.25, 0.3) is 0 Å². The minimum absolute atomic E-state index is 0.110. The molecule has 0 saturated carbocycles. The Balaban J connectivity index is 3.44. The quantitative estimate of drug-likeness (QED) is 0.599. The number of nitrogens with zero attached hydrogens (tertiary/aromatic N) is 1. The SMILES string of the molecule is COC(=O)c1cc(C#N)cc(OC)c1CCl. The zero-order chi connectivity index (χ0) is 12.1. The van der Waals surface area contributed by atoms with Gasteiger partial charge in [-0.3, -0.25) is 0 Å². The molecule has 0 bridgehead atoms. The van der Waals surface area contributed by atoms with Crippen molar-refractivity contribution in [3.05, 3.63) is 28.8 Å². The number of hydrogen-bond donors (Lipinski definition) is 0. The van der Waals surface area contributed by atoms with Crippen molar-refractivity contribution in [3.8, 4) is 11.8 Å². The Morgan fingerprint density at radius 1 is 1.50 bits per heavy atom. The van der Waals surface area contributed by atoms with Crippen molar-refractivity contribution >= 4 is 17.6 Å². The lowest BCUT2D eigenvalue weighted by atomic mass is 10.0. The van der Waals surface area contributed by atoms with E-state index >= 15 is 0 Å². The summed E-state index contributed by atoms with van der Waals surface area (Å²) in [6.07, 6.45) is 0. The molecule has 0 atom stereocenters. The number of methoxy groups -OCH3 is 2. The number of halogens is 1. The van der Waals surface area contributed by atoms with Crippen molar-refractivity contribution in [2.24, 2.45) is 0 Å². The van der Waals surface area contributed by atoms with Crippen LogP contribution in [0.15, 0.2) is 12.1 Å². The maximum Gasteiger partial charge on any atom is 0.338 e. The summed E-state index contributed by atoms with van der Waals surface area (Å²) in [7, 11) is 2.72. The molecule has 1 aromatic rings. The molecule has 0 spiro atoms. The minimum Gasteiger partial charge on any atom is -0.496 e. The summed E-state index contributed by atoms with van der Waals surface area (Å²) in [5, 5.41) is 8.81. The van der Waals surface area contributed by atoms with E-state index in [2.05, 4.69) is 4.74 Å². The molecule has 1 aromatic carbocycles. The van der Waals surface area contributed by atoms with Gasteiger partial charge in [-0.15, -0.1) is 11.6 Å². The van der Waals surface area contributed by atoms with Gasteiger partial charge in [0, 0.05) is 5.56 Å². The molecule has 0 amide bonds. The summed E-state index contributed by atoms with van der Waals surface area (Å²) < 4.78 is 9.69. The zero-order valence-corrected chi connectivity index (χ0v) is 9.67. The third-order valence-corrected chi connectivity index (χ3v) is 2.36. The second-order valence-corrected chi connectivity index (χ2v) is 3.21. The number of carbonyl (C=O) groups excluding carboxylic acids is 1. The predicted octanol–water partition coefficient (Wildman–Crippen LogP) is 2.09. The van der Waals surface area contributed by atoms with E-state index in [-0.39, 0.29) is 11.4 Å². The van der Waals surface area contributed by atoms with E-state index in [0.717, 1.165) is 0 Å². The Labute approximate surface area is 98.3 Å². The van der Waals surface area contributed by atoms with Crippen molar-refractivity contribution in [3.63, 3.8) is 0 Å². The molecule has 84 valence electrons. The monoisotopic (exact) mass is 239 g/mol. The first-order valence-electron chi connectivity index (χ1n) is 4.43. The molecule has 0 radical (unpaired) electrons. The summed E-state index contributed by atoms with van der Waals surface area (Å²) in [5.41, 5.74) is 1.11. The van der Waals surface area contributed by atoms with Crippen LogP contribution in [-0.2, 0) is 10.6 Å². The van der Waals surface area contributed by atoms with Crippen LogP contribution in [0.5, 0.6) is 5.75 Å². The zero-order valence-electron chi connectivity index (χ0n) is 8.91. The third-order valence-electron chi connectivity index (χ3n) is 2.10. The summed E-state index contributed by atoms with van der Waals surface area (Å²) in [6, 6.07) is 4.91. The van der Waals surface area contributed by atoms with Gasteiger partial charge in [0.15, 0.2) is 0 Å². The van der Waals surface area contributed by atoms with Crippen molar-refractivity contribution < 1.29 is 14.3 Å². The molecule has 0 heterocycles. The first kappa shape index (κ1) is 12.3. The van der Waals surface area contributed by atoms with E-state index in [9.17, 15) is 4.79 Å². The number of alkyl halides is 1. The summed E-state index contributed by atoms with van der Waals surface area (Å²) in [5.74, 6) is -0.0141. The van der Waals surface area contributed by atoms with Gasteiger partial charge in [-0.05, 0) is 12.1 Å². The number of ether oxygens (including phenoxy) is 2. The van der Waals surface area contributed by atoms with E-state index in [1.807, 2.05) is 6.07 Å². The smallest absolute Gasteiger partial charge is 0.338 e. The Morgan fingerprint density at radius 3 is 2.62 bits per heavy atom. The van der Waals surface area contributed by atoms with E-state index in [1.54, 1.807) is 0 Å². The maximum atomic E-state index is 11.5. The van der Waals surface area contributed by atoms with Gasteiger partial charge in [0.1, 0.15) is 5.75 Å². The van der Waals surface area contributed by atoms with Crippen LogP contribution in [0.2, 0.25) is 0 Å². The maximum absolute atomic E-state index is 11.5. The van der Waals surface area contributed by atoms with Crippen LogP contribution in [0.4, 0.5) is 0 Å². The van der Waals surface area contributed by atoms with Crippen LogP contribution in [0.25, 0.3) is 0 Å². The molecule has 0 unspecified atom stereocenters. The molecule has 16 heavy (non-hydrogen) atoms. The number of nitriles is 1. The van der Waals surface area contributed by atoms with Crippen LogP contribution >= 0.6 is 11.6 Å². The van der Waals surface area contributed by atoms with Gasteiger partial charge in [0.2, 0.25) is 0 Å². The Morgan fingerprint density at radius 2 is 2.19 bits per heavy atom. The highest BCUT2D eigenvalue weighted by Crippen LogP contribution is 2.26. The number of carbonyl (C=O) groups is 1. The van der Waals surface area contributed by atoms with E-state index in [0.29, 0.717) is 16.9 Å². The molecular formula is C11H10ClNO3. The van der Waals surface area contributed by atoms with Crippen molar-refractivity contribution in [1.82, 2.24) is 0 Å². The second-order valence-electron chi connectivity index (χ2n) is 2.94. The molecule has 1 rings (SSSR count). The lowest BCUT2D eigenvalue weighted by molar-refractivity contribution is 0.0599. The number of esters is 1. The van der Waals surface area contributed by atoms with Gasteiger partial charge < -0.3 is 9.47 Å². The highest BCUT2D eigenvalue weighted by atomic mass is 35.5. The second kappa shape index (κ2) is 5.38. The van der Waals surface area contributed by atoms with Gasteiger partial charge in [-0.1, -0.05) is 0 Å². The molecule has 0 N–H and O–H groups in total. The first-order valence-corrected chi connectivity index (χ1v) is 4.96. The molecule has 0 aliphatic heterocycles. The van der Waals surface area contributed by atoms with Gasteiger partial charge in [0.05, 0.1) is 37.3 Å². The fourth-order valence-corrected chi connectivity index (χ4v) is 1.60. The Bertz CT molecular complexity index is 451. The van der Waals surface area contributed by atoms with Crippen LogP contribution in [-0.4, -0.2) is 20.2 Å². The third kappa shape index (κ3) is 2.26. The molecule has 5 heteroatoms. The standard InChI is InChI=1S/C11H10ClNO3/c1-15-10-4-7(6-13)3-8(9(10)5-12)11(14)16-2/h3-4H,5H2,1-2H3. The van der Waals surface area contributed by atoms with Crippen LogP contribution in [0.3, 0.4) is 0 Å².